The van der Waals surface area contributed by atoms with Crippen LogP contribution in [0.1, 0.15) is 102 Å². The first-order valence-electron chi connectivity index (χ1n) is 15.0. The molecule has 1 aromatic heterocycles. The highest BCUT2D eigenvalue weighted by atomic mass is 16.5. The van der Waals surface area contributed by atoms with E-state index < -0.39 is 0 Å². The van der Waals surface area contributed by atoms with E-state index in [1.807, 2.05) is 24.3 Å². The minimum Gasteiger partial charge on any atom is -0.497 e. The molecule has 1 heterocycles. The van der Waals surface area contributed by atoms with Crippen LogP contribution in [0.15, 0.2) is 48.5 Å². The first kappa shape index (κ1) is 29.7. The van der Waals surface area contributed by atoms with Crippen molar-refractivity contribution in [2.24, 2.45) is 0 Å². The maximum Gasteiger partial charge on any atom is 0.224 e. The molecular weight excluding hydrogens is 470 g/mol. The highest BCUT2D eigenvalue weighted by Crippen LogP contribution is 2.20. The van der Waals surface area contributed by atoms with Gasteiger partial charge in [-0.1, -0.05) is 95.4 Å². The standard InChI is InChI=1S/C33H49N3O2/c1-3-4-5-6-7-8-9-10-11-17-26-36-31-19-15-14-18-30(31)35-32(36)20-13-12-16-25-34-33(37)27-28-21-23-29(38-2)24-22-28/h14-15,18-19,21-24H,3-13,16-17,20,25-27H2,1-2H3,(H,34,37). The van der Waals surface area contributed by atoms with Gasteiger partial charge in [0.25, 0.3) is 0 Å². The molecule has 0 bridgehead atoms. The van der Waals surface area contributed by atoms with E-state index >= 15 is 0 Å². The second kappa shape index (κ2) is 17.6. The zero-order chi connectivity index (χ0) is 26.8. The van der Waals surface area contributed by atoms with Crippen molar-refractivity contribution in [2.45, 2.75) is 110 Å². The molecular formula is C33H49N3O2. The SMILES string of the molecule is CCCCCCCCCCCCn1c(CCCCCNC(=O)Cc2ccc(OC)cc2)nc2ccccc21. The highest BCUT2D eigenvalue weighted by molar-refractivity contribution is 5.78. The van der Waals surface area contributed by atoms with Gasteiger partial charge in [0.15, 0.2) is 0 Å². The molecule has 3 rings (SSSR count). The van der Waals surface area contributed by atoms with Crippen LogP contribution in [0.5, 0.6) is 5.75 Å². The van der Waals surface area contributed by atoms with Crippen molar-refractivity contribution in [3.05, 3.63) is 59.9 Å². The Morgan fingerprint density at radius 1 is 0.816 bits per heavy atom. The van der Waals surface area contributed by atoms with E-state index in [4.69, 9.17) is 9.72 Å². The number of carbonyl (C=O) groups is 1. The number of carbonyl (C=O) groups excluding carboxylic acids is 1. The number of aryl methyl sites for hydroxylation is 2. The van der Waals surface area contributed by atoms with Crippen LogP contribution in [0, 0.1) is 0 Å². The number of amides is 1. The zero-order valence-electron chi connectivity index (χ0n) is 23.9. The average Bonchev–Trinajstić information content (AvgIpc) is 3.29. The molecule has 5 nitrogen and oxygen atoms in total. The Kier molecular flexibility index (Phi) is 13.8. The highest BCUT2D eigenvalue weighted by Gasteiger charge is 2.10. The van der Waals surface area contributed by atoms with Crippen molar-refractivity contribution in [1.82, 2.24) is 14.9 Å². The van der Waals surface area contributed by atoms with Crippen LogP contribution in [0.4, 0.5) is 0 Å². The van der Waals surface area contributed by atoms with Crippen LogP contribution in [-0.2, 0) is 24.2 Å². The third kappa shape index (κ3) is 10.5. The van der Waals surface area contributed by atoms with Gasteiger partial charge in [0.1, 0.15) is 11.6 Å². The molecule has 5 heteroatoms. The van der Waals surface area contributed by atoms with Gasteiger partial charge in [-0.3, -0.25) is 4.79 Å². The van der Waals surface area contributed by atoms with Gasteiger partial charge in [0.05, 0.1) is 24.6 Å². The Bertz CT molecular complexity index is 1060. The van der Waals surface area contributed by atoms with Crippen molar-refractivity contribution in [2.75, 3.05) is 13.7 Å². The smallest absolute Gasteiger partial charge is 0.224 e. The number of fused-ring (bicyclic) bond motifs is 1. The third-order valence-electron chi connectivity index (χ3n) is 7.39. The fraction of sp³-hybridized carbons (Fsp3) is 0.576. The number of unbranched alkanes of at least 4 members (excludes halogenated alkanes) is 11. The van der Waals surface area contributed by atoms with Gasteiger partial charge in [0.2, 0.25) is 5.91 Å². The molecule has 0 unspecified atom stereocenters. The Morgan fingerprint density at radius 2 is 1.47 bits per heavy atom. The maximum atomic E-state index is 12.2. The first-order valence-corrected chi connectivity index (χ1v) is 15.0. The van der Waals surface area contributed by atoms with Crippen LogP contribution in [0.3, 0.4) is 0 Å². The second-order valence-corrected chi connectivity index (χ2v) is 10.5. The van der Waals surface area contributed by atoms with E-state index in [1.165, 1.54) is 75.5 Å². The lowest BCUT2D eigenvalue weighted by Gasteiger charge is -2.10. The molecule has 0 spiro atoms. The molecule has 1 amide bonds. The summed E-state index contributed by atoms with van der Waals surface area (Å²) in [6.07, 6.45) is 18.2. The summed E-state index contributed by atoms with van der Waals surface area (Å²) in [5.74, 6) is 2.10. The Morgan fingerprint density at radius 3 is 2.18 bits per heavy atom. The molecule has 0 saturated carbocycles. The normalized spacial score (nSPS) is 11.2. The molecule has 0 atom stereocenters. The van der Waals surface area contributed by atoms with E-state index in [0.717, 1.165) is 55.6 Å². The van der Waals surface area contributed by atoms with E-state index in [0.29, 0.717) is 6.42 Å². The van der Waals surface area contributed by atoms with E-state index in [1.54, 1.807) is 7.11 Å². The summed E-state index contributed by atoms with van der Waals surface area (Å²) in [6.45, 7) is 4.07. The molecule has 2 aromatic carbocycles. The number of nitrogens with zero attached hydrogens (tertiary/aromatic N) is 2. The van der Waals surface area contributed by atoms with Crippen molar-refractivity contribution >= 4 is 16.9 Å². The predicted octanol–water partition coefficient (Wildman–Crippen LogP) is 8.04. The summed E-state index contributed by atoms with van der Waals surface area (Å²) in [6, 6.07) is 16.2. The second-order valence-electron chi connectivity index (χ2n) is 10.5. The van der Waals surface area contributed by atoms with Crippen LogP contribution in [0.2, 0.25) is 0 Å². The minimum atomic E-state index is 0.0773. The molecule has 0 fully saturated rings. The molecule has 0 aliphatic carbocycles. The van der Waals surface area contributed by atoms with Crippen LogP contribution < -0.4 is 10.1 Å². The monoisotopic (exact) mass is 519 g/mol. The molecule has 38 heavy (non-hydrogen) atoms. The van der Waals surface area contributed by atoms with Crippen molar-refractivity contribution in [3.63, 3.8) is 0 Å². The van der Waals surface area contributed by atoms with E-state index in [2.05, 4.69) is 41.1 Å². The number of imidazole rings is 1. The number of aromatic nitrogens is 2. The Labute approximate surface area is 230 Å². The maximum absolute atomic E-state index is 12.2. The van der Waals surface area contributed by atoms with Crippen molar-refractivity contribution in [3.8, 4) is 5.75 Å². The number of rotatable bonds is 20. The lowest BCUT2D eigenvalue weighted by atomic mass is 10.1. The summed E-state index contributed by atoms with van der Waals surface area (Å²) in [7, 11) is 1.65. The van der Waals surface area contributed by atoms with Crippen molar-refractivity contribution < 1.29 is 9.53 Å². The number of methoxy groups -OCH3 is 1. The molecule has 3 aromatic rings. The summed E-state index contributed by atoms with van der Waals surface area (Å²) < 4.78 is 7.63. The quantitative estimate of drug-likeness (QED) is 0.154. The molecule has 0 aliphatic rings. The topological polar surface area (TPSA) is 56.2 Å². The van der Waals surface area contributed by atoms with Gasteiger partial charge in [-0.25, -0.2) is 4.98 Å². The first-order chi connectivity index (χ1) is 18.7. The minimum absolute atomic E-state index is 0.0773. The van der Waals surface area contributed by atoms with Gasteiger partial charge < -0.3 is 14.6 Å². The largest absolute Gasteiger partial charge is 0.497 e. The number of nitrogens with one attached hydrogen (secondary N) is 1. The average molecular weight is 520 g/mol. The Balaban J connectivity index is 1.33. The summed E-state index contributed by atoms with van der Waals surface area (Å²) >= 11 is 0. The lowest BCUT2D eigenvalue weighted by Crippen LogP contribution is -2.26. The lowest BCUT2D eigenvalue weighted by molar-refractivity contribution is -0.120. The molecule has 0 aliphatic heterocycles. The van der Waals surface area contributed by atoms with Gasteiger partial charge >= 0.3 is 0 Å². The van der Waals surface area contributed by atoms with Gasteiger partial charge in [-0.2, -0.15) is 0 Å². The fourth-order valence-electron chi connectivity index (χ4n) is 5.13. The van der Waals surface area contributed by atoms with E-state index in [9.17, 15) is 4.79 Å². The van der Waals surface area contributed by atoms with Gasteiger partial charge in [0, 0.05) is 19.5 Å². The zero-order valence-corrected chi connectivity index (χ0v) is 23.9. The Hall–Kier alpha value is -2.82. The molecule has 0 saturated heterocycles. The number of para-hydroxylation sites is 2. The van der Waals surface area contributed by atoms with Crippen LogP contribution >= 0.6 is 0 Å². The number of ether oxygens (including phenoxy) is 1. The third-order valence-corrected chi connectivity index (χ3v) is 7.39. The van der Waals surface area contributed by atoms with Gasteiger partial charge in [-0.05, 0) is 49.1 Å². The molecule has 1 N–H and O–H groups in total. The van der Waals surface area contributed by atoms with Crippen molar-refractivity contribution in [1.29, 1.82) is 0 Å². The number of hydrogen-bond acceptors (Lipinski definition) is 3. The van der Waals surface area contributed by atoms with E-state index in [-0.39, 0.29) is 5.91 Å². The summed E-state index contributed by atoms with van der Waals surface area (Å²) in [4.78, 5) is 17.2. The van der Waals surface area contributed by atoms with Crippen LogP contribution in [-0.4, -0.2) is 29.1 Å². The molecule has 0 radical (unpaired) electrons. The molecule has 208 valence electrons. The summed E-state index contributed by atoms with van der Waals surface area (Å²) in [5.41, 5.74) is 3.38. The summed E-state index contributed by atoms with van der Waals surface area (Å²) in [5, 5.41) is 3.06. The number of benzene rings is 2. The fourth-order valence-corrected chi connectivity index (χ4v) is 5.13. The number of hydrogen-bond donors (Lipinski definition) is 1. The van der Waals surface area contributed by atoms with Gasteiger partial charge in [-0.15, -0.1) is 0 Å². The predicted molar refractivity (Wildman–Crippen MR) is 159 cm³/mol. The van der Waals surface area contributed by atoms with Crippen LogP contribution in [0.25, 0.3) is 11.0 Å².